The summed E-state index contributed by atoms with van der Waals surface area (Å²) in [7, 11) is 0. The van der Waals surface area contributed by atoms with E-state index in [1.807, 2.05) is 37.3 Å². The number of halogens is 1. The van der Waals surface area contributed by atoms with E-state index >= 15 is 0 Å². The number of aryl methyl sites for hydroxylation is 1. The molecule has 2 heterocycles. The number of rotatable bonds is 7. The van der Waals surface area contributed by atoms with Crippen molar-refractivity contribution in [3.8, 4) is 0 Å². The molecule has 34 heavy (non-hydrogen) atoms. The molecule has 178 valence electrons. The lowest BCUT2D eigenvalue weighted by molar-refractivity contribution is -0.148. The van der Waals surface area contributed by atoms with Gasteiger partial charge >= 0.3 is 5.97 Å². The fourth-order valence-corrected chi connectivity index (χ4v) is 4.72. The molecule has 2 aromatic carbocycles. The molecule has 3 aromatic rings. The molecule has 1 saturated heterocycles. The maximum atomic E-state index is 13.0. The number of carbonyl (C=O) groups excluding carboxylic acids is 2. The second-order valence-corrected chi connectivity index (χ2v) is 9.01. The van der Waals surface area contributed by atoms with E-state index in [1.165, 1.54) is 11.1 Å². The van der Waals surface area contributed by atoms with Gasteiger partial charge < -0.3 is 15.0 Å². The van der Waals surface area contributed by atoms with Gasteiger partial charge in [-0.15, -0.1) is 0 Å². The Morgan fingerprint density at radius 1 is 1.12 bits per heavy atom. The van der Waals surface area contributed by atoms with Crippen molar-refractivity contribution in [3.05, 3.63) is 70.2 Å². The average Bonchev–Trinajstić information content (AvgIpc) is 2.85. The van der Waals surface area contributed by atoms with Crippen LogP contribution in [-0.4, -0.2) is 43.1 Å². The Hall–Kier alpha value is -3.12. The van der Waals surface area contributed by atoms with E-state index < -0.39 is 0 Å². The standard InChI is InChI=1S/C27H30ClN3O3/c1-3-34-27(33)20-13-16-31(17-14-20)24-11-8-21-23(30-24)10-9-22(28)25(21)26(32)29-15-12-19-7-5-4-6-18(19)2/h4-11,20H,3,12-17H2,1-2H3,(H,29,32). The van der Waals surface area contributed by atoms with E-state index in [0.29, 0.717) is 23.7 Å². The molecule has 1 N–H and O–H groups in total. The van der Waals surface area contributed by atoms with Crippen LogP contribution < -0.4 is 10.2 Å². The van der Waals surface area contributed by atoms with Crippen LogP contribution in [0.15, 0.2) is 48.5 Å². The zero-order valence-electron chi connectivity index (χ0n) is 19.6. The summed E-state index contributed by atoms with van der Waals surface area (Å²) in [6.45, 7) is 6.31. The van der Waals surface area contributed by atoms with Crippen molar-refractivity contribution in [1.29, 1.82) is 0 Å². The van der Waals surface area contributed by atoms with Crippen LogP contribution in [0.2, 0.25) is 5.02 Å². The third-order valence-corrected chi connectivity index (χ3v) is 6.73. The van der Waals surface area contributed by atoms with Gasteiger partial charge in [0.1, 0.15) is 5.82 Å². The molecule has 0 saturated carbocycles. The summed E-state index contributed by atoms with van der Waals surface area (Å²) in [6, 6.07) is 15.6. The fourth-order valence-electron chi connectivity index (χ4n) is 4.47. The highest BCUT2D eigenvalue weighted by atomic mass is 35.5. The Bertz CT molecular complexity index is 1190. The molecule has 6 nitrogen and oxygen atoms in total. The van der Waals surface area contributed by atoms with Gasteiger partial charge in [0.05, 0.1) is 28.6 Å². The number of aromatic nitrogens is 1. The summed E-state index contributed by atoms with van der Waals surface area (Å²) >= 11 is 6.44. The first-order chi connectivity index (χ1) is 16.5. The first kappa shape index (κ1) is 24.0. The van der Waals surface area contributed by atoms with Crippen molar-refractivity contribution in [1.82, 2.24) is 10.3 Å². The van der Waals surface area contributed by atoms with Crippen LogP contribution in [0.5, 0.6) is 0 Å². The van der Waals surface area contributed by atoms with Crippen LogP contribution >= 0.6 is 11.6 Å². The van der Waals surface area contributed by atoms with Gasteiger partial charge in [-0.25, -0.2) is 4.98 Å². The van der Waals surface area contributed by atoms with Crippen LogP contribution in [0.4, 0.5) is 5.82 Å². The molecule has 4 rings (SSSR count). The highest BCUT2D eigenvalue weighted by Gasteiger charge is 2.27. The van der Waals surface area contributed by atoms with Crippen molar-refractivity contribution in [2.75, 3.05) is 31.1 Å². The van der Waals surface area contributed by atoms with Crippen LogP contribution in [0.3, 0.4) is 0 Å². The molecular weight excluding hydrogens is 450 g/mol. The Morgan fingerprint density at radius 2 is 1.88 bits per heavy atom. The van der Waals surface area contributed by atoms with Crippen molar-refractivity contribution in [2.45, 2.75) is 33.1 Å². The minimum Gasteiger partial charge on any atom is -0.466 e. The molecule has 0 bridgehead atoms. The summed E-state index contributed by atoms with van der Waals surface area (Å²) in [5.41, 5.74) is 3.59. The second kappa shape index (κ2) is 10.9. The molecule has 1 aromatic heterocycles. The normalized spacial score (nSPS) is 14.3. The van der Waals surface area contributed by atoms with E-state index in [0.717, 1.165) is 49.1 Å². The molecule has 1 amide bonds. The number of nitrogens with zero attached hydrogens (tertiary/aromatic N) is 2. The van der Waals surface area contributed by atoms with E-state index in [2.05, 4.69) is 29.3 Å². The molecule has 0 unspecified atom stereocenters. The number of hydrogen-bond acceptors (Lipinski definition) is 5. The van der Waals surface area contributed by atoms with Gasteiger partial charge in [0.25, 0.3) is 5.91 Å². The SMILES string of the molecule is CCOC(=O)C1CCN(c2ccc3c(C(=O)NCCc4ccccc4C)c(Cl)ccc3n2)CC1. The van der Waals surface area contributed by atoms with Crippen molar-refractivity contribution < 1.29 is 14.3 Å². The summed E-state index contributed by atoms with van der Waals surface area (Å²) in [6.07, 6.45) is 2.24. The van der Waals surface area contributed by atoms with E-state index in [1.54, 1.807) is 6.07 Å². The number of ether oxygens (including phenoxy) is 1. The quantitative estimate of drug-likeness (QED) is 0.485. The average molecular weight is 480 g/mol. The minimum absolute atomic E-state index is 0.0505. The molecular formula is C27H30ClN3O3. The molecule has 1 aliphatic heterocycles. The number of hydrogen-bond donors (Lipinski definition) is 1. The van der Waals surface area contributed by atoms with E-state index in [-0.39, 0.29) is 17.8 Å². The predicted molar refractivity (Wildman–Crippen MR) is 136 cm³/mol. The van der Waals surface area contributed by atoms with Gasteiger partial charge in [-0.1, -0.05) is 35.9 Å². The van der Waals surface area contributed by atoms with Gasteiger partial charge in [-0.3, -0.25) is 9.59 Å². The topological polar surface area (TPSA) is 71.5 Å². The molecule has 7 heteroatoms. The number of anilines is 1. The maximum absolute atomic E-state index is 13.0. The fraction of sp³-hybridized carbons (Fsp3) is 0.370. The Morgan fingerprint density at radius 3 is 2.62 bits per heavy atom. The lowest BCUT2D eigenvalue weighted by atomic mass is 9.97. The number of amides is 1. The van der Waals surface area contributed by atoms with Crippen LogP contribution in [0, 0.1) is 12.8 Å². The number of nitrogens with one attached hydrogen (secondary N) is 1. The maximum Gasteiger partial charge on any atom is 0.309 e. The van der Waals surface area contributed by atoms with Crippen LogP contribution in [0.1, 0.15) is 41.3 Å². The summed E-state index contributed by atoms with van der Waals surface area (Å²) in [5, 5.41) is 4.14. The number of fused-ring (bicyclic) bond motifs is 1. The minimum atomic E-state index is -0.200. The lowest BCUT2D eigenvalue weighted by Gasteiger charge is -2.31. The van der Waals surface area contributed by atoms with Gasteiger partial charge in [-0.05, 0) is 68.5 Å². The van der Waals surface area contributed by atoms with Gasteiger partial charge in [0.2, 0.25) is 0 Å². The van der Waals surface area contributed by atoms with E-state index in [9.17, 15) is 9.59 Å². The molecule has 0 aliphatic carbocycles. The summed E-state index contributed by atoms with van der Waals surface area (Å²) < 4.78 is 5.16. The van der Waals surface area contributed by atoms with Gasteiger partial charge in [0, 0.05) is 25.0 Å². The highest BCUT2D eigenvalue weighted by Crippen LogP contribution is 2.29. The first-order valence-corrected chi connectivity index (χ1v) is 12.2. The highest BCUT2D eigenvalue weighted by molar-refractivity contribution is 6.35. The van der Waals surface area contributed by atoms with Crippen molar-refractivity contribution >= 4 is 40.2 Å². The van der Waals surface area contributed by atoms with Crippen molar-refractivity contribution in [3.63, 3.8) is 0 Å². The number of piperidine rings is 1. The number of benzene rings is 2. The molecule has 1 fully saturated rings. The Labute approximate surface area is 205 Å². The third kappa shape index (κ3) is 5.33. The molecule has 1 aliphatic rings. The van der Waals surface area contributed by atoms with Crippen LogP contribution in [0.25, 0.3) is 10.9 Å². The van der Waals surface area contributed by atoms with E-state index in [4.69, 9.17) is 21.3 Å². The zero-order chi connectivity index (χ0) is 24.1. The largest absolute Gasteiger partial charge is 0.466 e. The second-order valence-electron chi connectivity index (χ2n) is 8.60. The molecule has 0 spiro atoms. The lowest BCUT2D eigenvalue weighted by Crippen LogP contribution is -2.37. The third-order valence-electron chi connectivity index (χ3n) is 6.41. The first-order valence-electron chi connectivity index (χ1n) is 11.8. The molecule has 0 atom stereocenters. The number of pyridine rings is 1. The van der Waals surface area contributed by atoms with Crippen molar-refractivity contribution in [2.24, 2.45) is 5.92 Å². The number of esters is 1. The summed E-state index contributed by atoms with van der Waals surface area (Å²) in [4.78, 5) is 32.0. The molecule has 0 radical (unpaired) electrons. The van der Waals surface area contributed by atoms with Crippen LogP contribution in [-0.2, 0) is 16.0 Å². The zero-order valence-corrected chi connectivity index (χ0v) is 20.4. The summed E-state index contributed by atoms with van der Waals surface area (Å²) in [5.74, 6) is 0.476. The van der Waals surface area contributed by atoms with Gasteiger partial charge in [0.15, 0.2) is 0 Å². The number of carbonyl (C=O) groups is 2. The smallest absolute Gasteiger partial charge is 0.309 e. The predicted octanol–water partition coefficient (Wildman–Crippen LogP) is 4.95. The monoisotopic (exact) mass is 479 g/mol. The Kier molecular flexibility index (Phi) is 7.68. The Balaban J connectivity index is 1.46. The van der Waals surface area contributed by atoms with Gasteiger partial charge in [-0.2, -0.15) is 0 Å².